The minimum atomic E-state index is -4.67. The SMILES string of the molecule is O=[N+]([O-])c1cc(N2CCC(F)C2)cc(C(F)(F)F)c1. The van der Waals surface area contributed by atoms with Gasteiger partial charge in [-0.1, -0.05) is 0 Å². The van der Waals surface area contributed by atoms with Crippen LogP contribution in [-0.4, -0.2) is 24.2 Å². The van der Waals surface area contributed by atoms with Crippen LogP contribution in [-0.2, 0) is 6.18 Å². The monoisotopic (exact) mass is 278 g/mol. The van der Waals surface area contributed by atoms with Crippen LogP contribution in [0.5, 0.6) is 0 Å². The van der Waals surface area contributed by atoms with Gasteiger partial charge in [0.1, 0.15) is 6.17 Å². The minimum absolute atomic E-state index is 0.0293. The number of anilines is 1. The predicted molar refractivity (Wildman–Crippen MR) is 59.8 cm³/mol. The topological polar surface area (TPSA) is 46.4 Å². The second-order valence-corrected chi connectivity index (χ2v) is 4.32. The number of halogens is 4. The smallest absolute Gasteiger partial charge is 0.368 e. The van der Waals surface area contributed by atoms with Gasteiger partial charge in [-0.15, -0.1) is 0 Å². The highest BCUT2D eigenvalue weighted by Gasteiger charge is 2.34. The molecule has 1 atom stereocenters. The molecule has 8 heteroatoms. The van der Waals surface area contributed by atoms with Gasteiger partial charge in [-0.2, -0.15) is 13.2 Å². The fraction of sp³-hybridized carbons (Fsp3) is 0.455. The van der Waals surface area contributed by atoms with Gasteiger partial charge in [-0.3, -0.25) is 10.1 Å². The third-order valence-electron chi connectivity index (χ3n) is 2.94. The van der Waals surface area contributed by atoms with Crippen LogP contribution in [0.15, 0.2) is 18.2 Å². The molecular formula is C11H10F4N2O2. The van der Waals surface area contributed by atoms with E-state index < -0.39 is 28.5 Å². The summed E-state index contributed by atoms with van der Waals surface area (Å²) >= 11 is 0. The van der Waals surface area contributed by atoms with Gasteiger partial charge in [0.05, 0.1) is 10.5 Å². The molecule has 0 radical (unpaired) electrons. The quantitative estimate of drug-likeness (QED) is 0.474. The summed E-state index contributed by atoms with van der Waals surface area (Å²) in [6.07, 6.45) is -5.58. The highest BCUT2D eigenvalue weighted by molar-refractivity contribution is 5.57. The lowest BCUT2D eigenvalue weighted by atomic mass is 10.1. The Hall–Kier alpha value is -1.86. The normalized spacial score (nSPS) is 19.8. The summed E-state index contributed by atoms with van der Waals surface area (Å²) in [7, 11) is 0. The summed E-state index contributed by atoms with van der Waals surface area (Å²) in [6.45, 7) is 0.206. The van der Waals surface area contributed by atoms with E-state index >= 15 is 0 Å². The molecule has 104 valence electrons. The van der Waals surface area contributed by atoms with Crippen molar-refractivity contribution in [1.82, 2.24) is 0 Å². The third-order valence-corrected chi connectivity index (χ3v) is 2.94. The highest BCUT2D eigenvalue weighted by Crippen LogP contribution is 2.36. The first-order valence-electron chi connectivity index (χ1n) is 5.53. The molecule has 1 heterocycles. The zero-order chi connectivity index (χ0) is 14.2. The van der Waals surface area contributed by atoms with Gasteiger partial charge in [0.2, 0.25) is 0 Å². The molecule has 1 saturated heterocycles. The van der Waals surface area contributed by atoms with Crippen LogP contribution >= 0.6 is 0 Å². The zero-order valence-corrected chi connectivity index (χ0v) is 9.65. The molecule has 2 rings (SSSR count). The first kappa shape index (κ1) is 13.6. The van der Waals surface area contributed by atoms with Gasteiger partial charge in [-0.05, 0) is 12.5 Å². The van der Waals surface area contributed by atoms with Crippen molar-refractivity contribution in [3.05, 3.63) is 33.9 Å². The summed E-state index contributed by atoms with van der Waals surface area (Å²) in [5.74, 6) is 0. The lowest BCUT2D eigenvalue weighted by Crippen LogP contribution is -2.20. The van der Waals surface area contributed by atoms with Crippen molar-refractivity contribution >= 4 is 11.4 Å². The van der Waals surface area contributed by atoms with Gasteiger partial charge in [0.15, 0.2) is 0 Å². The Bertz CT molecular complexity index is 504. The average molecular weight is 278 g/mol. The molecule has 0 N–H and O–H groups in total. The van der Waals surface area contributed by atoms with Gasteiger partial charge in [0.25, 0.3) is 5.69 Å². The molecule has 1 aliphatic heterocycles. The van der Waals surface area contributed by atoms with E-state index in [1.807, 2.05) is 0 Å². The Morgan fingerprint density at radius 3 is 2.47 bits per heavy atom. The Labute approximate surface area is 105 Å². The van der Waals surface area contributed by atoms with Crippen molar-refractivity contribution in [2.24, 2.45) is 0 Å². The number of non-ortho nitro benzene ring substituents is 1. The van der Waals surface area contributed by atoms with Gasteiger partial charge < -0.3 is 4.90 Å². The Morgan fingerprint density at radius 1 is 1.32 bits per heavy atom. The van der Waals surface area contributed by atoms with E-state index in [9.17, 15) is 27.7 Å². The summed E-state index contributed by atoms with van der Waals surface area (Å²) in [4.78, 5) is 11.2. The van der Waals surface area contributed by atoms with Gasteiger partial charge >= 0.3 is 6.18 Å². The molecule has 0 aromatic heterocycles. The van der Waals surface area contributed by atoms with Crippen LogP contribution in [0.4, 0.5) is 28.9 Å². The summed E-state index contributed by atoms with van der Waals surface area (Å²) in [6, 6.07) is 2.32. The maximum Gasteiger partial charge on any atom is 0.416 e. The van der Waals surface area contributed by atoms with Crippen LogP contribution < -0.4 is 4.90 Å². The van der Waals surface area contributed by atoms with E-state index in [0.29, 0.717) is 6.07 Å². The Kier molecular flexibility index (Phi) is 3.34. The van der Waals surface area contributed by atoms with Crippen LogP contribution in [0, 0.1) is 10.1 Å². The summed E-state index contributed by atoms with van der Waals surface area (Å²) in [5, 5.41) is 10.7. The number of nitro groups is 1. The van der Waals surface area contributed by atoms with E-state index in [4.69, 9.17) is 0 Å². The van der Waals surface area contributed by atoms with E-state index in [1.165, 1.54) is 4.90 Å². The van der Waals surface area contributed by atoms with E-state index in [2.05, 4.69) is 0 Å². The summed E-state index contributed by atoms with van der Waals surface area (Å²) in [5.41, 5.74) is -1.71. The highest BCUT2D eigenvalue weighted by atomic mass is 19.4. The Balaban J connectivity index is 2.43. The van der Waals surface area contributed by atoms with Crippen molar-refractivity contribution in [1.29, 1.82) is 0 Å². The average Bonchev–Trinajstić information content (AvgIpc) is 2.74. The van der Waals surface area contributed by atoms with Gasteiger partial charge in [-0.25, -0.2) is 4.39 Å². The second kappa shape index (κ2) is 4.67. The largest absolute Gasteiger partial charge is 0.416 e. The lowest BCUT2D eigenvalue weighted by molar-refractivity contribution is -0.385. The van der Waals surface area contributed by atoms with Crippen molar-refractivity contribution in [2.45, 2.75) is 18.8 Å². The molecule has 4 nitrogen and oxygen atoms in total. The molecule has 1 aromatic carbocycles. The Morgan fingerprint density at radius 2 is 2.00 bits per heavy atom. The van der Waals surface area contributed by atoms with E-state index in [1.54, 1.807) is 0 Å². The van der Waals surface area contributed by atoms with Crippen molar-refractivity contribution in [3.8, 4) is 0 Å². The number of benzene rings is 1. The molecule has 19 heavy (non-hydrogen) atoms. The maximum atomic E-state index is 13.1. The molecule has 0 aliphatic carbocycles. The molecular weight excluding hydrogens is 268 g/mol. The van der Waals surface area contributed by atoms with Gasteiger partial charge in [0, 0.05) is 30.9 Å². The number of hydrogen-bond donors (Lipinski definition) is 0. The van der Waals surface area contributed by atoms with Crippen LogP contribution in [0.2, 0.25) is 0 Å². The molecule has 0 amide bonds. The number of nitrogens with zero attached hydrogens (tertiary/aromatic N) is 2. The zero-order valence-electron chi connectivity index (χ0n) is 9.65. The number of hydrogen-bond acceptors (Lipinski definition) is 3. The number of alkyl halides is 4. The fourth-order valence-corrected chi connectivity index (χ4v) is 2.00. The number of nitro benzene ring substituents is 1. The minimum Gasteiger partial charge on any atom is -0.368 e. The lowest BCUT2D eigenvalue weighted by Gasteiger charge is -2.19. The molecule has 0 saturated carbocycles. The van der Waals surface area contributed by atoms with E-state index in [-0.39, 0.29) is 25.2 Å². The molecule has 1 aromatic rings. The van der Waals surface area contributed by atoms with Crippen LogP contribution in [0.25, 0.3) is 0 Å². The fourth-order valence-electron chi connectivity index (χ4n) is 2.00. The van der Waals surface area contributed by atoms with Crippen LogP contribution in [0.1, 0.15) is 12.0 Å². The molecule has 0 bridgehead atoms. The molecule has 1 aliphatic rings. The summed E-state index contributed by atoms with van der Waals surface area (Å²) < 4.78 is 51.0. The maximum absolute atomic E-state index is 13.1. The molecule has 1 fully saturated rings. The van der Waals surface area contributed by atoms with Crippen LogP contribution in [0.3, 0.4) is 0 Å². The van der Waals surface area contributed by atoms with E-state index in [0.717, 1.165) is 12.1 Å². The second-order valence-electron chi connectivity index (χ2n) is 4.32. The first-order valence-corrected chi connectivity index (χ1v) is 5.53. The first-order chi connectivity index (χ1) is 8.77. The van der Waals surface area contributed by atoms with Crippen molar-refractivity contribution < 1.29 is 22.5 Å². The van der Waals surface area contributed by atoms with Crippen molar-refractivity contribution in [3.63, 3.8) is 0 Å². The number of rotatable bonds is 2. The molecule has 0 spiro atoms. The standard InChI is InChI=1S/C11H10F4N2O2/c12-8-1-2-16(6-8)9-3-7(11(13,14)15)4-10(5-9)17(18)19/h3-5,8H,1-2,6H2. The molecule has 1 unspecified atom stereocenters. The predicted octanol–water partition coefficient (Wildman–Crippen LogP) is 3.16. The van der Waals surface area contributed by atoms with Crippen molar-refractivity contribution in [2.75, 3.05) is 18.0 Å². The third kappa shape index (κ3) is 2.94.